The van der Waals surface area contributed by atoms with Gasteiger partial charge in [0.15, 0.2) is 0 Å². The third-order valence-electron chi connectivity index (χ3n) is 7.89. The van der Waals surface area contributed by atoms with Crippen LogP contribution in [-0.2, 0) is 19.2 Å². The molecule has 2 aliphatic rings. The molecule has 0 bridgehead atoms. The van der Waals surface area contributed by atoms with E-state index in [1.165, 1.54) is 18.4 Å². The van der Waals surface area contributed by atoms with Gasteiger partial charge < -0.3 is 31.5 Å². The second kappa shape index (κ2) is 21.6. The number of hydrogen-bond acceptors (Lipinski definition) is 8. The number of thiol groups is 1. The van der Waals surface area contributed by atoms with Gasteiger partial charge in [-0.1, -0.05) is 101 Å². The Kier molecular flexibility index (Phi) is 20.5. The monoisotopic (exact) mass is 685 g/mol. The molecule has 1 saturated heterocycles. The van der Waals surface area contributed by atoms with E-state index in [2.05, 4.69) is 53.2 Å². The minimum atomic E-state index is -0.930. The molecule has 2 rings (SSSR count). The first kappa shape index (κ1) is 44.6. The molecule has 0 spiro atoms. The van der Waals surface area contributed by atoms with Gasteiger partial charge in [0.25, 0.3) is 5.91 Å². The van der Waals surface area contributed by atoms with Gasteiger partial charge in [-0.05, 0) is 43.1 Å². The summed E-state index contributed by atoms with van der Waals surface area (Å²) in [6.45, 7) is 22.3. The number of nitrogens with one attached hydrogen (secondary N) is 5. The number of nitrogens with zero attached hydrogens (tertiary/aromatic N) is 2. The first-order valence-corrected chi connectivity index (χ1v) is 17.8. The molecule has 0 aromatic heterocycles. The summed E-state index contributed by atoms with van der Waals surface area (Å²) >= 11 is 4.25. The van der Waals surface area contributed by atoms with E-state index in [4.69, 9.17) is 0 Å². The van der Waals surface area contributed by atoms with Crippen molar-refractivity contribution in [2.45, 2.75) is 132 Å². The number of carbonyl (C=O) groups is 5. The summed E-state index contributed by atoms with van der Waals surface area (Å²) in [5.41, 5.74) is -0.895. The van der Waals surface area contributed by atoms with Crippen molar-refractivity contribution in [2.75, 3.05) is 40.3 Å². The Bertz CT molecular complexity index is 992. The van der Waals surface area contributed by atoms with Crippen LogP contribution in [0.5, 0.6) is 0 Å². The summed E-state index contributed by atoms with van der Waals surface area (Å²) in [5, 5.41) is 14.4. The zero-order chi connectivity index (χ0) is 36.5. The van der Waals surface area contributed by atoms with Crippen molar-refractivity contribution >= 4 is 42.4 Å². The third kappa shape index (κ3) is 16.5. The Morgan fingerprint density at radius 1 is 0.915 bits per heavy atom. The van der Waals surface area contributed by atoms with Crippen molar-refractivity contribution in [3.63, 3.8) is 0 Å². The molecular formula is C34H67N7O5S. The average molecular weight is 686 g/mol. The lowest BCUT2D eigenvalue weighted by Gasteiger charge is -2.37. The molecule has 4 atom stereocenters. The number of ketones is 1. The Balaban J connectivity index is 0.00000399. The summed E-state index contributed by atoms with van der Waals surface area (Å²) in [6.07, 6.45) is 4.62. The maximum absolute atomic E-state index is 13.9. The summed E-state index contributed by atoms with van der Waals surface area (Å²) < 4.78 is 1.78. The van der Waals surface area contributed by atoms with Crippen LogP contribution in [0.3, 0.4) is 0 Å². The van der Waals surface area contributed by atoms with Crippen molar-refractivity contribution in [1.29, 1.82) is 0 Å². The molecule has 47 heavy (non-hydrogen) atoms. The zero-order valence-electron chi connectivity index (χ0n) is 31.3. The van der Waals surface area contributed by atoms with Gasteiger partial charge in [0, 0.05) is 39.3 Å². The highest BCUT2D eigenvalue weighted by molar-refractivity contribution is 7.77. The number of hydrogen-bond donors (Lipinski definition) is 6. The van der Waals surface area contributed by atoms with Crippen LogP contribution in [-0.4, -0.2) is 103 Å². The van der Waals surface area contributed by atoms with Crippen molar-refractivity contribution in [3.8, 4) is 0 Å². The predicted molar refractivity (Wildman–Crippen MR) is 193 cm³/mol. The molecule has 1 aliphatic carbocycles. The maximum atomic E-state index is 13.9. The Morgan fingerprint density at radius 3 is 1.96 bits per heavy atom. The van der Waals surface area contributed by atoms with Gasteiger partial charge in [-0.2, -0.15) is 0 Å². The number of urea groups is 1. The fourth-order valence-corrected chi connectivity index (χ4v) is 5.08. The largest absolute Gasteiger partial charge is 0.353 e. The van der Waals surface area contributed by atoms with E-state index in [9.17, 15) is 24.0 Å². The minimum Gasteiger partial charge on any atom is -0.353 e. The molecule has 5 amide bonds. The lowest BCUT2D eigenvalue weighted by molar-refractivity contribution is -0.143. The van der Waals surface area contributed by atoms with E-state index in [-0.39, 0.29) is 17.4 Å². The quantitative estimate of drug-likeness (QED) is 0.0931. The number of likely N-dealkylation sites (tertiary alicyclic amines) is 1. The van der Waals surface area contributed by atoms with Crippen molar-refractivity contribution in [1.82, 2.24) is 35.8 Å². The number of amides is 5. The molecule has 12 nitrogen and oxygen atoms in total. The molecule has 0 aromatic rings. The van der Waals surface area contributed by atoms with Crippen LogP contribution < -0.4 is 26.6 Å². The summed E-state index contributed by atoms with van der Waals surface area (Å²) in [4.78, 5) is 66.8. The first-order valence-electron chi connectivity index (χ1n) is 17.4. The van der Waals surface area contributed by atoms with E-state index in [0.29, 0.717) is 44.8 Å². The molecule has 274 valence electrons. The molecule has 0 radical (unpaired) electrons. The lowest BCUT2D eigenvalue weighted by atomic mass is 9.85. The SMILES string of the molecule is CC.CCC.CNC(=O)C(=O)C(CC1CC1)NC(=O)C1CCCN1C(=O)C(NC(=O)NC(CNCCN(C)S)C(C)(C)C)C(C)(C)C. The number of Topliss-reactive ketones (excluding diaryl/α,β-unsaturated/α-hetero) is 1. The molecule has 2 fully saturated rings. The van der Waals surface area contributed by atoms with Crippen LogP contribution in [0.25, 0.3) is 0 Å². The second-order valence-electron chi connectivity index (χ2n) is 14.5. The number of carbonyl (C=O) groups excluding carboxylic acids is 5. The lowest BCUT2D eigenvalue weighted by Crippen LogP contribution is -2.61. The average Bonchev–Trinajstić information content (AvgIpc) is 3.67. The summed E-state index contributed by atoms with van der Waals surface area (Å²) in [6, 6.07) is -3.29. The summed E-state index contributed by atoms with van der Waals surface area (Å²) in [5.74, 6) is -1.93. The van der Waals surface area contributed by atoms with Crippen molar-refractivity contribution in [3.05, 3.63) is 0 Å². The van der Waals surface area contributed by atoms with Crippen LogP contribution in [0.15, 0.2) is 0 Å². The van der Waals surface area contributed by atoms with E-state index in [0.717, 1.165) is 19.4 Å². The van der Waals surface area contributed by atoms with Crippen molar-refractivity contribution < 1.29 is 24.0 Å². The van der Waals surface area contributed by atoms with Gasteiger partial charge >= 0.3 is 6.03 Å². The minimum absolute atomic E-state index is 0.218. The zero-order valence-corrected chi connectivity index (χ0v) is 32.2. The molecule has 4 unspecified atom stereocenters. The highest BCUT2D eigenvalue weighted by Crippen LogP contribution is 2.34. The highest BCUT2D eigenvalue weighted by Gasteiger charge is 2.43. The van der Waals surface area contributed by atoms with E-state index in [1.807, 2.05) is 62.4 Å². The van der Waals surface area contributed by atoms with Crippen LogP contribution in [0, 0.1) is 16.7 Å². The second-order valence-corrected chi connectivity index (χ2v) is 15.2. The van der Waals surface area contributed by atoms with Gasteiger partial charge in [-0.3, -0.25) is 23.5 Å². The summed E-state index contributed by atoms with van der Waals surface area (Å²) in [7, 11) is 3.25. The molecule has 1 saturated carbocycles. The fourth-order valence-electron chi connectivity index (χ4n) is 4.98. The normalized spacial score (nSPS) is 18.0. The number of likely N-dealkylation sites (N-methyl/N-ethyl adjacent to an activating group) is 2. The highest BCUT2D eigenvalue weighted by atomic mass is 32.1. The Morgan fingerprint density at radius 2 is 1.49 bits per heavy atom. The fraction of sp³-hybridized carbons (Fsp3) is 0.853. The van der Waals surface area contributed by atoms with Gasteiger partial charge in [0.1, 0.15) is 12.1 Å². The molecule has 1 heterocycles. The molecular weight excluding hydrogens is 618 g/mol. The first-order chi connectivity index (χ1) is 21.9. The maximum Gasteiger partial charge on any atom is 0.315 e. The van der Waals surface area contributed by atoms with Gasteiger partial charge in [-0.15, -0.1) is 0 Å². The Hall–Kier alpha value is -2.38. The van der Waals surface area contributed by atoms with E-state index in [1.54, 1.807) is 4.31 Å². The van der Waals surface area contributed by atoms with E-state index < -0.39 is 47.2 Å². The van der Waals surface area contributed by atoms with Crippen LogP contribution in [0.1, 0.15) is 108 Å². The standard InChI is InChI=1S/C29H53N7O5S.C3H8.C2H6/c1-28(2,3)21(17-31-13-15-35(8)42)33-27(41)34-23(29(4,5)6)26(40)36-14-9-10-20(36)24(38)32-19(16-18-11-12-18)22(37)25(39)30-7;1-3-2;1-2/h18-21,23,31,42H,9-17H2,1-8H3,(H,30,39)(H,32,38)(H2,33,34,41);3H2,1-2H3;1-2H3. The molecule has 1 aliphatic heterocycles. The smallest absolute Gasteiger partial charge is 0.315 e. The van der Waals surface area contributed by atoms with Gasteiger partial charge in [-0.25, -0.2) is 4.79 Å². The van der Waals surface area contributed by atoms with Gasteiger partial charge in [0.05, 0.1) is 6.04 Å². The topological polar surface area (TPSA) is 152 Å². The number of rotatable bonds is 14. The molecule has 13 heteroatoms. The van der Waals surface area contributed by atoms with Crippen LogP contribution in [0.2, 0.25) is 0 Å². The Labute approximate surface area is 290 Å². The predicted octanol–water partition coefficient (Wildman–Crippen LogP) is 3.51. The van der Waals surface area contributed by atoms with E-state index >= 15 is 0 Å². The molecule has 5 N–H and O–H groups in total. The molecule has 0 aromatic carbocycles. The third-order valence-corrected chi connectivity index (χ3v) is 8.09. The van der Waals surface area contributed by atoms with Gasteiger partial charge in [0.2, 0.25) is 17.6 Å². The van der Waals surface area contributed by atoms with Crippen LogP contribution >= 0.6 is 12.8 Å². The van der Waals surface area contributed by atoms with Crippen molar-refractivity contribution in [2.24, 2.45) is 16.7 Å². The van der Waals surface area contributed by atoms with Crippen LogP contribution in [0.4, 0.5) is 4.79 Å².